The molecule has 1 aromatic carbocycles. The van der Waals surface area contributed by atoms with Crippen molar-refractivity contribution in [2.75, 3.05) is 26.2 Å². The maximum Gasteiger partial charge on any atom is 0.273 e. The summed E-state index contributed by atoms with van der Waals surface area (Å²) < 4.78 is 1.80. The first-order valence-electron chi connectivity index (χ1n) is 9.97. The summed E-state index contributed by atoms with van der Waals surface area (Å²) in [5.41, 5.74) is 1.89. The molecule has 8 heteroatoms. The number of benzene rings is 1. The lowest BCUT2D eigenvalue weighted by molar-refractivity contribution is -0.140. The largest absolute Gasteiger partial charge is 0.339 e. The number of thiazole rings is 1. The van der Waals surface area contributed by atoms with Crippen molar-refractivity contribution >= 4 is 23.2 Å². The number of piperazine rings is 1. The lowest BCUT2D eigenvalue weighted by atomic mass is 9.94. The Hall–Kier alpha value is -3.00. The Labute approximate surface area is 179 Å². The highest BCUT2D eigenvalue weighted by atomic mass is 32.1. The molecule has 1 aliphatic heterocycles. The molecule has 0 unspecified atom stereocenters. The fourth-order valence-electron chi connectivity index (χ4n) is 3.41. The summed E-state index contributed by atoms with van der Waals surface area (Å²) in [6, 6.07) is 9.86. The Balaban J connectivity index is 1.42. The Kier molecular flexibility index (Phi) is 5.42. The van der Waals surface area contributed by atoms with E-state index in [-0.39, 0.29) is 11.8 Å². The molecule has 3 heterocycles. The number of hydrogen-bond acceptors (Lipinski definition) is 5. The van der Waals surface area contributed by atoms with E-state index in [2.05, 4.69) is 10.1 Å². The summed E-state index contributed by atoms with van der Waals surface area (Å²) in [5, 5.41) is 6.96. The van der Waals surface area contributed by atoms with Gasteiger partial charge in [-0.25, -0.2) is 9.67 Å². The van der Waals surface area contributed by atoms with Crippen LogP contribution in [0.1, 0.15) is 31.3 Å². The van der Waals surface area contributed by atoms with Gasteiger partial charge >= 0.3 is 0 Å². The average molecular weight is 424 g/mol. The number of carbonyl (C=O) groups excluding carboxylic acids is 2. The molecule has 30 heavy (non-hydrogen) atoms. The molecule has 0 spiro atoms. The van der Waals surface area contributed by atoms with E-state index in [9.17, 15) is 9.59 Å². The zero-order chi connectivity index (χ0) is 21.3. The van der Waals surface area contributed by atoms with Crippen molar-refractivity contribution in [3.8, 4) is 16.3 Å². The van der Waals surface area contributed by atoms with Gasteiger partial charge in [0.15, 0.2) is 0 Å². The van der Waals surface area contributed by atoms with E-state index >= 15 is 0 Å². The van der Waals surface area contributed by atoms with Gasteiger partial charge in [-0.3, -0.25) is 9.59 Å². The van der Waals surface area contributed by atoms with E-state index in [1.54, 1.807) is 21.2 Å². The molecule has 0 N–H and O–H groups in total. The van der Waals surface area contributed by atoms with Gasteiger partial charge in [-0.05, 0) is 12.1 Å². The van der Waals surface area contributed by atoms with Crippen LogP contribution in [0.15, 0.2) is 48.1 Å². The van der Waals surface area contributed by atoms with Gasteiger partial charge in [0.05, 0.1) is 11.9 Å². The first-order valence-corrected chi connectivity index (χ1v) is 10.9. The zero-order valence-corrected chi connectivity index (χ0v) is 18.2. The molecule has 1 saturated heterocycles. The molecule has 0 saturated carbocycles. The highest BCUT2D eigenvalue weighted by Crippen LogP contribution is 2.25. The Morgan fingerprint density at radius 2 is 1.67 bits per heavy atom. The average Bonchev–Trinajstić information content (AvgIpc) is 3.42. The summed E-state index contributed by atoms with van der Waals surface area (Å²) in [6.45, 7) is 7.93. The van der Waals surface area contributed by atoms with Crippen molar-refractivity contribution in [2.24, 2.45) is 5.41 Å². The second-order valence-electron chi connectivity index (χ2n) is 8.38. The highest BCUT2D eigenvalue weighted by Gasteiger charge is 2.31. The third-order valence-corrected chi connectivity index (χ3v) is 5.96. The Bertz CT molecular complexity index is 1040. The first-order chi connectivity index (χ1) is 14.3. The lowest BCUT2D eigenvalue weighted by Gasteiger charge is -2.37. The predicted octanol–water partition coefficient (Wildman–Crippen LogP) is 3.33. The zero-order valence-electron chi connectivity index (χ0n) is 17.4. The maximum atomic E-state index is 12.9. The quantitative estimate of drug-likeness (QED) is 0.648. The van der Waals surface area contributed by atoms with Crippen LogP contribution in [0.2, 0.25) is 0 Å². The molecular formula is C22H25N5O2S. The van der Waals surface area contributed by atoms with Crippen molar-refractivity contribution in [3.63, 3.8) is 0 Å². The van der Waals surface area contributed by atoms with E-state index in [4.69, 9.17) is 0 Å². The molecule has 2 amide bonds. The van der Waals surface area contributed by atoms with Crippen molar-refractivity contribution < 1.29 is 9.59 Å². The molecule has 3 aromatic rings. The minimum absolute atomic E-state index is 0.0872. The third-order valence-electron chi connectivity index (χ3n) is 5.07. The standard InChI is InChI=1S/C22H25N5O2S/c1-22(2,3)21(29)26-11-9-25(10-12-26)20(28)18-15-30-19(24-18)16-13-23-27(14-16)17-7-5-4-6-8-17/h4-8,13-15H,9-12H2,1-3H3. The van der Waals surface area contributed by atoms with Gasteiger partial charge in [0.25, 0.3) is 5.91 Å². The molecule has 0 bridgehead atoms. The van der Waals surface area contributed by atoms with Crippen LogP contribution in [-0.2, 0) is 4.79 Å². The monoisotopic (exact) mass is 423 g/mol. The molecule has 1 aliphatic rings. The van der Waals surface area contributed by atoms with E-state index < -0.39 is 5.41 Å². The topological polar surface area (TPSA) is 71.3 Å². The van der Waals surface area contributed by atoms with Crippen LogP contribution in [0, 0.1) is 5.41 Å². The molecule has 0 atom stereocenters. The fourth-order valence-corrected chi connectivity index (χ4v) is 4.18. The second kappa shape index (κ2) is 8.02. The van der Waals surface area contributed by atoms with Crippen LogP contribution in [0.3, 0.4) is 0 Å². The molecular weight excluding hydrogens is 398 g/mol. The number of carbonyl (C=O) groups is 2. The van der Waals surface area contributed by atoms with E-state index in [0.717, 1.165) is 16.3 Å². The van der Waals surface area contributed by atoms with Crippen LogP contribution < -0.4 is 0 Å². The van der Waals surface area contributed by atoms with Gasteiger partial charge in [0.2, 0.25) is 5.91 Å². The third kappa shape index (κ3) is 4.14. The van der Waals surface area contributed by atoms with E-state index in [1.165, 1.54) is 11.3 Å². The number of hydrogen-bond donors (Lipinski definition) is 0. The minimum atomic E-state index is -0.403. The molecule has 2 aromatic heterocycles. The molecule has 156 valence electrons. The van der Waals surface area contributed by atoms with Crippen molar-refractivity contribution in [1.29, 1.82) is 0 Å². The van der Waals surface area contributed by atoms with Gasteiger partial charge < -0.3 is 9.80 Å². The van der Waals surface area contributed by atoms with Gasteiger partial charge in [-0.1, -0.05) is 39.0 Å². The van der Waals surface area contributed by atoms with Crippen molar-refractivity contribution in [1.82, 2.24) is 24.6 Å². The summed E-state index contributed by atoms with van der Waals surface area (Å²) in [4.78, 5) is 33.5. The minimum Gasteiger partial charge on any atom is -0.339 e. The molecule has 0 radical (unpaired) electrons. The van der Waals surface area contributed by atoms with Crippen LogP contribution in [0.5, 0.6) is 0 Å². The SMILES string of the molecule is CC(C)(C)C(=O)N1CCN(C(=O)c2csc(-c3cnn(-c4ccccc4)c3)n2)CC1. The number of rotatable bonds is 3. The van der Waals surface area contributed by atoms with E-state index in [1.807, 2.05) is 62.2 Å². The van der Waals surface area contributed by atoms with Gasteiger partial charge in [-0.15, -0.1) is 11.3 Å². The predicted molar refractivity (Wildman–Crippen MR) is 117 cm³/mol. The summed E-state index contributed by atoms with van der Waals surface area (Å²) in [5.74, 6) is 0.0387. The smallest absolute Gasteiger partial charge is 0.273 e. The van der Waals surface area contributed by atoms with Crippen LogP contribution in [0.25, 0.3) is 16.3 Å². The lowest BCUT2D eigenvalue weighted by Crippen LogP contribution is -2.53. The van der Waals surface area contributed by atoms with Crippen LogP contribution in [0.4, 0.5) is 0 Å². The van der Waals surface area contributed by atoms with Gasteiger partial charge in [-0.2, -0.15) is 5.10 Å². The molecule has 0 aliphatic carbocycles. The second-order valence-corrected chi connectivity index (χ2v) is 9.24. The number of aromatic nitrogens is 3. The number of nitrogens with zero attached hydrogens (tertiary/aromatic N) is 5. The van der Waals surface area contributed by atoms with Gasteiger partial charge in [0.1, 0.15) is 10.7 Å². The first kappa shape index (κ1) is 20.3. The normalized spacial score (nSPS) is 14.8. The maximum absolute atomic E-state index is 12.9. The van der Waals surface area contributed by atoms with Crippen LogP contribution in [-0.4, -0.2) is 62.6 Å². The van der Waals surface area contributed by atoms with Crippen LogP contribution >= 0.6 is 11.3 Å². The van der Waals surface area contributed by atoms with Crippen molar-refractivity contribution in [3.05, 3.63) is 53.8 Å². The molecule has 7 nitrogen and oxygen atoms in total. The summed E-state index contributed by atoms with van der Waals surface area (Å²) in [6.07, 6.45) is 3.68. The Morgan fingerprint density at radius 1 is 1.00 bits per heavy atom. The summed E-state index contributed by atoms with van der Waals surface area (Å²) >= 11 is 1.44. The number of para-hydroxylation sites is 1. The fraction of sp³-hybridized carbons (Fsp3) is 0.364. The summed E-state index contributed by atoms with van der Waals surface area (Å²) in [7, 11) is 0. The Morgan fingerprint density at radius 3 is 2.33 bits per heavy atom. The van der Waals surface area contributed by atoms with E-state index in [0.29, 0.717) is 31.9 Å². The molecule has 1 fully saturated rings. The number of amides is 2. The highest BCUT2D eigenvalue weighted by molar-refractivity contribution is 7.13. The van der Waals surface area contributed by atoms with Gasteiger partial charge in [0, 0.05) is 48.7 Å². The molecule has 4 rings (SSSR count). The van der Waals surface area contributed by atoms with Crippen molar-refractivity contribution in [2.45, 2.75) is 20.8 Å².